The van der Waals surface area contributed by atoms with Gasteiger partial charge in [-0.05, 0) is 28.7 Å². The molecule has 2 N–H and O–H groups in total. The van der Waals surface area contributed by atoms with E-state index in [0.29, 0.717) is 13.1 Å². The Balaban J connectivity index is 1.93. The maximum Gasteiger partial charge on any atom is 0.358 e. The van der Waals surface area contributed by atoms with E-state index in [0.717, 1.165) is 9.26 Å². The minimum absolute atomic E-state index is 0.0346. The number of rotatable bonds is 6. The molecule has 10 heteroatoms. The molecule has 21 heavy (non-hydrogen) atoms. The number of aromatic carboxylic acids is 1. The van der Waals surface area contributed by atoms with E-state index < -0.39 is 10.9 Å². The molecule has 1 aromatic heterocycles. The van der Waals surface area contributed by atoms with Gasteiger partial charge in [-0.3, -0.25) is 10.1 Å². The minimum Gasteiger partial charge on any atom is -0.476 e. The molecule has 0 aliphatic carbocycles. The molecule has 0 fully saturated rings. The third kappa shape index (κ3) is 3.87. The van der Waals surface area contributed by atoms with Crippen molar-refractivity contribution in [2.75, 3.05) is 11.9 Å². The number of carboxylic acid groups (broad SMARTS) is 1. The lowest BCUT2D eigenvalue weighted by Crippen LogP contribution is -2.11. The van der Waals surface area contributed by atoms with Gasteiger partial charge in [0.15, 0.2) is 5.69 Å². The molecule has 110 valence electrons. The quantitative estimate of drug-likeness (QED) is 0.427. The monoisotopic (exact) mass is 403 g/mol. The summed E-state index contributed by atoms with van der Waals surface area (Å²) in [4.78, 5) is 20.8. The van der Waals surface area contributed by atoms with E-state index in [1.807, 2.05) is 22.6 Å². The van der Waals surface area contributed by atoms with E-state index in [-0.39, 0.29) is 11.4 Å². The average Bonchev–Trinajstić information content (AvgIpc) is 2.89. The smallest absolute Gasteiger partial charge is 0.358 e. The van der Waals surface area contributed by atoms with E-state index in [4.69, 9.17) is 5.11 Å². The number of nitrogens with zero attached hydrogens (tertiary/aromatic N) is 4. The molecular formula is C11H10IN5O4. The number of carboxylic acids is 1. The van der Waals surface area contributed by atoms with Gasteiger partial charge in [0.05, 0.1) is 17.7 Å². The third-order valence-electron chi connectivity index (χ3n) is 2.58. The Morgan fingerprint density at radius 2 is 2.29 bits per heavy atom. The Kier molecular flexibility index (Phi) is 4.67. The zero-order chi connectivity index (χ0) is 15.4. The van der Waals surface area contributed by atoms with Crippen molar-refractivity contribution in [1.29, 1.82) is 0 Å². The second kappa shape index (κ2) is 6.47. The Hall–Kier alpha value is -2.24. The summed E-state index contributed by atoms with van der Waals surface area (Å²) < 4.78 is 2.14. The van der Waals surface area contributed by atoms with Gasteiger partial charge in [-0.2, -0.15) is 0 Å². The highest BCUT2D eigenvalue weighted by molar-refractivity contribution is 14.1. The molecule has 0 aliphatic heterocycles. The summed E-state index contributed by atoms with van der Waals surface area (Å²) >= 11 is 2.01. The van der Waals surface area contributed by atoms with Crippen LogP contribution in [0.25, 0.3) is 0 Å². The summed E-state index contributed by atoms with van der Waals surface area (Å²) in [5.41, 5.74) is 0.687. The fraction of sp³-hybridized carbons (Fsp3) is 0.182. The van der Waals surface area contributed by atoms with Crippen LogP contribution in [0.4, 0.5) is 11.4 Å². The Bertz CT molecular complexity index is 687. The predicted octanol–water partition coefficient (Wildman–Crippen LogP) is 1.60. The van der Waals surface area contributed by atoms with Crippen molar-refractivity contribution in [1.82, 2.24) is 15.0 Å². The molecule has 0 aliphatic rings. The van der Waals surface area contributed by atoms with Gasteiger partial charge < -0.3 is 10.4 Å². The summed E-state index contributed by atoms with van der Waals surface area (Å²) in [5.74, 6) is -1.13. The summed E-state index contributed by atoms with van der Waals surface area (Å²) in [6, 6.07) is 4.52. The largest absolute Gasteiger partial charge is 0.476 e. The number of nitro groups is 1. The zero-order valence-electron chi connectivity index (χ0n) is 10.6. The number of aromatic nitrogens is 3. The van der Waals surface area contributed by atoms with E-state index >= 15 is 0 Å². The molecule has 0 saturated heterocycles. The van der Waals surface area contributed by atoms with Gasteiger partial charge in [0.2, 0.25) is 0 Å². The molecule has 0 radical (unpaired) electrons. The van der Waals surface area contributed by atoms with E-state index in [2.05, 4.69) is 15.6 Å². The predicted molar refractivity (Wildman–Crippen MR) is 81.3 cm³/mol. The lowest BCUT2D eigenvalue weighted by atomic mass is 10.3. The molecule has 0 atom stereocenters. The van der Waals surface area contributed by atoms with Crippen LogP contribution < -0.4 is 5.32 Å². The molecule has 0 bridgehead atoms. The Labute approximate surface area is 132 Å². The summed E-state index contributed by atoms with van der Waals surface area (Å²) in [6.45, 7) is 0.906. The third-order valence-corrected chi connectivity index (χ3v) is 3.47. The van der Waals surface area contributed by atoms with Crippen molar-refractivity contribution in [3.05, 3.63) is 43.8 Å². The first kappa shape index (κ1) is 15.2. The maximum atomic E-state index is 10.7. The highest BCUT2D eigenvalue weighted by Gasteiger charge is 2.10. The molecule has 0 saturated carbocycles. The molecule has 0 unspecified atom stereocenters. The summed E-state index contributed by atoms with van der Waals surface area (Å²) in [6.07, 6.45) is 1.34. The number of anilines is 1. The molecule has 1 aromatic carbocycles. The summed E-state index contributed by atoms with van der Waals surface area (Å²) in [7, 11) is 0. The Morgan fingerprint density at radius 1 is 1.52 bits per heavy atom. The second-order valence-electron chi connectivity index (χ2n) is 4.02. The van der Waals surface area contributed by atoms with Crippen LogP contribution >= 0.6 is 22.6 Å². The van der Waals surface area contributed by atoms with Gasteiger partial charge >= 0.3 is 5.97 Å². The van der Waals surface area contributed by atoms with E-state index in [9.17, 15) is 14.9 Å². The van der Waals surface area contributed by atoms with Crippen molar-refractivity contribution in [3.63, 3.8) is 0 Å². The number of carbonyl (C=O) groups is 1. The molecule has 0 spiro atoms. The lowest BCUT2D eigenvalue weighted by Gasteiger charge is -2.08. The number of hydrogen-bond donors (Lipinski definition) is 2. The van der Waals surface area contributed by atoms with Crippen molar-refractivity contribution in [2.24, 2.45) is 0 Å². The van der Waals surface area contributed by atoms with Crippen molar-refractivity contribution in [3.8, 4) is 0 Å². The molecule has 9 nitrogen and oxygen atoms in total. The number of halogens is 1. The topological polar surface area (TPSA) is 123 Å². The van der Waals surface area contributed by atoms with Gasteiger partial charge in [0, 0.05) is 27.9 Å². The van der Waals surface area contributed by atoms with Gasteiger partial charge in [-0.15, -0.1) is 5.10 Å². The van der Waals surface area contributed by atoms with Crippen molar-refractivity contribution in [2.45, 2.75) is 6.54 Å². The number of nitro benzene ring substituents is 1. The first-order valence-corrected chi connectivity index (χ1v) is 6.86. The Morgan fingerprint density at radius 3 is 2.86 bits per heavy atom. The standard InChI is InChI=1S/C11H10IN5O4/c12-8-5-7(17(20)21)1-2-9(8)13-3-4-16-6-10(11(18)19)14-15-16/h1-2,5-6,13H,3-4H2,(H,18,19). The van der Waals surface area contributed by atoms with Gasteiger partial charge in [0.1, 0.15) is 0 Å². The van der Waals surface area contributed by atoms with Crippen LogP contribution in [-0.2, 0) is 6.54 Å². The van der Waals surface area contributed by atoms with Crippen LogP contribution in [0.1, 0.15) is 10.5 Å². The first-order chi connectivity index (χ1) is 9.97. The number of nitrogens with one attached hydrogen (secondary N) is 1. The van der Waals surface area contributed by atoms with Crippen molar-refractivity contribution < 1.29 is 14.8 Å². The molecular weight excluding hydrogens is 393 g/mol. The fourth-order valence-electron chi connectivity index (χ4n) is 1.57. The van der Waals surface area contributed by atoms with Gasteiger partial charge in [0.25, 0.3) is 5.69 Å². The van der Waals surface area contributed by atoms with Crippen LogP contribution in [0.3, 0.4) is 0 Å². The van der Waals surface area contributed by atoms with Gasteiger partial charge in [-0.1, -0.05) is 5.21 Å². The van der Waals surface area contributed by atoms with Crippen LogP contribution in [0.5, 0.6) is 0 Å². The highest BCUT2D eigenvalue weighted by Crippen LogP contribution is 2.23. The number of benzene rings is 1. The van der Waals surface area contributed by atoms with Crippen LogP contribution in [0.2, 0.25) is 0 Å². The second-order valence-corrected chi connectivity index (χ2v) is 5.18. The molecule has 0 amide bonds. The molecule has 2 rings (SSSR count). The van der Waals surface area contributed by atoms with Gasteiger partial charge in [-0.25, -0.2) is 9.48 Å². The van der Waals surface area contributed by atoms with E-state index in [1.165, 1.54) is 23.0 Å². The maximum absolute atomic E-state index is 10.7. The van der Waals surface area contributed by atoms with Crippen LogP contribution in [0.15, 0.2) is 24.4 Å². The minimum atomic E-state index is -1.13. The SMILES string of the molecule is O=C(O)c1cn(CCNc2ccc([N+](=O)[O-])cc2I)nn1. The average molecular weight is 403 g/mol. The van der Waals surface area contributed by atoms with E-state index in [1.54, 1.807) is 6.07 Å². The van der Waals surface area contributed by atoms with Crippen molar-refractivity contribution >= 4 is 39.9 Å². The van der Waals surface area contributed by atoms with Crippen LogP contribution in [0, 0.1) is 13.7 Å². The first-order valence-electron chi connectivity index (χ1n) is 5.78. The zero-order valence-corrected chi connectivity index (χ0v) is 12.7. The normalized spacial score (nSPS) is 10.3. The van der Waals surface area contributed by atoms with Crippen LogP contribution in [-0.4, -0.2) is 37.5 Å². The lowest BCUT2D eigenvalue weighted by molar-refractivity contribution is -0.384. The number of hydrogen-bond acceptors (Lipinski definition) is 6. The number of non-ortho nitro benzene ring substituents is 1. The molecule has 2 aromatic rings. The highest BCUT2D eigenvalue weighted by atomic mass is 127. The fourth-order valence-corrected chi connectivity index (χ4v) is 2.26. The molecule has 1 heterocycles. The summed E-state index contributed by atoms with van der Waals surface area (Å²) in [5, 5.41) is 29.6.